The summed E-state index contributed by atoms with van der Waals surface area (Å²) in [4.78, 5) is 20.2. The lowest BCUT2D eigenvalue weighted by atomic mass is 9.92. The molecule has 0 unspecified atom stereocenters. The lowest BCUT2D eigenvalue weighted by molar-refractivity contribution is 1.07. The van der Waals surface area contributed by atoms with Gasteiger partial charge >= 0.3 is 0 Å². The molecule has 2 heterocycles. The molecular weight excluding hydrogens is 729 g/mol. The highest BCUT2D eigenvalue weighted by Crippen LogP contribution is 2.37. The molecule has 0 spiro atoms. The van der Waals surface area contributed by atoms with Crippen LogP contribution in [0.4, 0.5) is 0 Å². The zero-order valence-electron chi connectivity index (χ0n) is 32.4. The molecule has 278 valence electrons. The van der Waals surface area contributed by atoms with Crippen LogP contribution in [0.2, 0.25) is 0 Å². The predicted octanol–water partition coefficient (Wildman–Crippen LogP) is 14.5. The third-order valence-corrected chi connectivity index (χ3v) is 11.8. The lowest BCUT2D eigenvalue weighted by Gasteiger charge is -2.14. The van der Waals surface area contributed by atoms with Gasteiger partial charge in [0.15, 0.2) is 17.5 Å². The van der Waals surface area contributed by atoms with Crippen molar-refractivity contribution in [1.29, 1.82) is 0 Å². The fraction of sp³-hybridized carbons (Fsp3) is 0. The zero-order valence-corrected chi connectivity index (χ0v) is 32.4. The standard InChI is InChI=1S/C56H34N4/c1-2-9-35(10-3-1)54-58-55(46-21-20-42-25-45-15-8-22-57-53(45)34-51(42)30-46)60-56(59-54)52-32-49(43-18-16-40-23-36-11-4-6-13-38(36)26-47(40)28-43)31-50(33-52)44-19-17-41-24-37-12-5-7-14-39(37)27-48(41)29-44/h1-34H. The first-order valence-corrected chi connectivity index (χ1v) is 20.3. The summed E-state index contributed by atoms with van der Waals surface area (Å²) in [5.74, 6) is 1.85. The Balaban J connectivity index is 1.07. The third kappa shape index (κ3) is 6.10. The first kappa shape index (κ1) is 34.0. The maximum Gasteiger partial charge on any atom is 0.164 e. The molecule has 2 aromatic heterocycles. The molecule has 0 bridgehead atoms. The van der Waals surface area contributed by atoms with Gasteiger partial charge in [0.1, 0.15) is 0 Å². The molecule has 0 aliphatic rings. The lowest BCUT2D eigenvalue weighted by Crippen LogP contribution is -2.00. The molecule has 0 aliphatic carbocycles. The minimum absolute atomic E-state index is 0.612. The van der Waals surface area contributed by atoms with Gasteiger partial charge in [-0.15, -0.1) is 0 Å². The first-order chi connectivity index (χ1) is 29.6. The summed E-state index contributed by atoms with van der Waals surface area (Å²) in [5.41, 5.74) is 8.14. The van der Waals surface area contributed by atoms with Gasteiger partial charge in [0.25, 0.3) is 0 Å². The van der Waals surface area contributed by atoms with Gasteiger partial charge in [0.05, 0.1) is 5.52 Å². The van der Waals surface area contributed by atoms with Crippen LogP contribution in [0, 0.1) is 0 Å². The predicted molar refractivity (Wildman–Crippen MR) is 250 cm³/mol. The van der Waals surface area contributed by atoms with Crippen LogP contribution in [0.5, 0.6) is 0 Å². The Labute approximate surface area is 346 Å². The van der Waals surface area contributed by atoms with E-state index in [4.69, 9.17) is 15.0 Å². The van der Waals surface area contributed by atoms with E-state index in [2.05, 4.69) is 181 Å². The second-order valence-electron chi connectivity index (χ2n) is 15.6. The third-order valence-electron chi connectivity index (χ3n) is 11.8. The molecule has 4 heteroatoms. The number of hydrogen-bond donors (Lipinski definition) is 0. The molecule has 60 heavy (non-hydrogen) atoms. The Morgan fingerprint density at radius 3 is 1.20 bits per heavy atom. The Kier molecular flexibility index (Phi) is 7.82. The van der Waals surface area contributed by atoms with Gasteiger partial charge < -0.3 is 0 Å². The monoisotopic (exact) mass is 762 g/mol. The number of benzene rings is 10. The van der Waals surface area contributed by atoms with Crippen molar-refractivity contribution < 1.29 is 0 Å². The van der Waals surface area contributed by atoms with Crippen molar-refractivity contribution in [3.05, 3.63) is 206 Å². The highest BCUT2D eigenvalue weighted by atomic mass is 15.0. The smallest absolute Gasteiger partial charge is 0.164 e. The number of pyridine rings is 1. The van der Waals surface area contributed by atoms with Crippen LogP contribution in [0.25, 0.3) is 121 Å². The number of nitrogens with zero attached hydrogens (tertiary/aromatic N) is 4. The van der Waals surface area contributed by atoms with Gasteiger partial charge in [0, 0.05) is 28.3 Å². The minimum Gasteiger partial charge on any atom is -0.256 e. The fourth-order valence-electron chi connectivity index (χ4n) is 8.64. The van der Waals surface area contributed by atoms with Gasteiger partial charge in [-0.2, -0.15) is 0 Å². The molecule has 10 aromatic carbocycles. The van der Waals surface area contributed by atoms with Gasteiger partial charge in [-0.3, -0.25) is 4.98 Å². The quantitative estimate of drug-likeness (QED) is 0.164. The van der Waals surface area contributed by atoms with Crippen molar-refractivity contribution in [2.24, 2.45) is 0 Å². The summed E-state index contributed by atoms with van der Waals surface area (Å²) < 4.78 is 0. The van der Waals surface area contributed by atoms with Gasteiger partial charge in [0.2, 0.25) is 0 Å². The molecule has 0 amide bonds. The second-order valence-corrected chi connectivity index (χ2v) is 15.6. The molecule has 0 radical (unpaired) electrons. The average Bonchev–Trinajstić information content (AvgIpc) is 3.31. The van der Waals surface area contributed by atoms with E-state index in [1.165, 1.54) is 43.1 Å². The summed E-state index contributed by atoms with van der Waals surface area (Å²) in [7, 11) is 0. The molecule has 4 nitrogen and oxygen atoms in total. The van der Waals surface area contributed by atoms with Crippen molar-refractivity contribution in [2.75, 3.05) is 0 Å². The SMILES string of the molecule is c1ccc(-c2nc(-c3cc(-c4ccc5cc6ccccc6cc5c4)cc(-c4ccc5cc6ccccc6cc5c4)c3)nc(-c3ccc4cc5cccnc5cc4c3)n2)cc1. The van der Waals surface area contributed by atoms with Crippen LogP contribution in [0.1, 0.15) is 0 Å². The highest BCUT2D eigenvalue weighted by Gasteiger charge is 2.16. The molecule has 0 saturated heterocycles. The van der Waals surface area contributed by atoms with Crippen molar-refractivity contribution in [1.82, 2.24) is 19.9 Å². The molecule has 12 aromatic rings. The molecule has 0 atom stereocenters. The van der Waals surface area contributed by atoms with Crippen LogP contribution in [-0.2, 0) is 0 Å². The number of aromatic nitrogens is 4. The van der Waals surface area contributed by atoms with E-state index >= 15 is 0 Å². The molecule has 0 aliphatic heterocycles. The zero-order chi connectivity index (χ0) is 39.6. The molecule has 12 rings (SSSR count). The Morgan fingerprint density at radius 2 is 0.617 bits per heavy atom. The van der Waals surface area contributed by atoms with E-state index in [1.54, 1.807) is 0 Å². The van der Waals surface area contributed by atoms with E-state index in [0.29, 0.717) is 17.5 Å². The van der Waals surface area contributed by atoms with Crippen molar-refractivity contribution in [3.63, 3.8) is 0 Å². The molecule has 0 saturated carbocycles. The normalized spacial score (nSPS) is 11.7. The van der Waals surface area contributed by atoms with Gasteiger partial charge in [-0.1, -0.05) is 121 Å². The van der Waals surface area contributed by atoms with Crippen molar-refractivity contribution in [2.45, 2.75) is 0 Å². The first-order valence-electron chi connectivity index (χ1n) is 20.3. The highest BCUT2D eigenvalue weighted by molar-refractivity contribution is 6.02. The largest absolute Gasteiger partial charge is 0.256 e. The van der Waals surface area contributed by atoms with Gasteiger partial charge in [-0.05, 0) is 155 Å². The van der Waals surface area contributed by atoms with Crippen LogP contribution in [0.15, 0.2) is 206 Å². The maximum absolute atomic E-state index is 5.27. The molecule has 0 fully saturated rings. The number of hydrogen-bond acceptors (Lipinski definition) is 4. The Hall–Kier alpha value is -8.08. The summed E-state index contributed by atoms with van der Waals surface area (Å²) in [6, 6.07) is 71.5. The van der Waals surface area contributed by atoms with Gasteiger partial charge in [-0.25, -0.2) is 15.0 Å². The summed E-state index contributed by atoms with van der Waals surface area (Å²) in [5, 5.41) is 13.1. The van der Waals surface area contributed by atoms with E-state index in [1.807, 2.05) is 30.5 Å². The fourth-order valence-corrected chi connectivity index (χ4v) is 8.64. The van der Waals surface area contributed by atoms with Crippen LogP contribution >= 0.6 is 0 Å². The Bertz CT molecular complexity index is 3530. The van der Waals surface area contributed by atoms with Crippen LogP contribution in [0.3, 0.4) is 0 Å². The van der Waals surface area contributed by atoms with E-state index in [9.17, 15) is 0 Å². The second kappa shape index (κ2) is 13.8. The summed E-state index contributed by atoms with van der Waals surface area (Å²) in [6.45, 7) is 0. The van der Waals surface area contributed by atoms with Crippen LogP contribution < -0.4 is 0 Å². The molecule has 0 N–H and O–H groups in total. The Morgan fingerprint density at radius 1 is 0.217 bits per heavy atom. The summed E-state index contributed by atoms with van der Waals surface area (Å²) >= 11 is 0. The van der Waals surface area contributed by atoms with E-state index in [-0.39, 0.29) is 0 Å². The number of fused-ring (bicyclic) bond motifs is 6. The topological polar surface area (TPSA) is 51.6 Å². The average molecular weight is 763 g/mol. The minimum atomic E-state index is 0.612. The van der Waals surface area contributed by atoms with Crippen molar-refractivity contribution >= 4 is 64.8 Å². The molecular formula is C56H34N4. The van der Waals surface area contributed by atoms with Crippen LogP contribution in [-0.4, -0.2) is 19.9 Å². The van der Waals surface area contributed by atoms with E-state index < -0.39 is 0 Å². The van der Waals surface area contributed by atoms with E-state index in [0.717, 1.165) is 60.6 Å². The van der Waals surface area contributed by atoms with Crippen molar-refractivity contribution in [3.8, 4) is 56.4 Å². The maximum atomic E-state index is 5.27. The number of rotatable bonds is 5. The summed E-state index contributed by atoms with van der Waals surface area (Å²) in [6.07, 6.45) is 1.84.